The van der Waals surface area contributed by atoms with Crippen molar-refractivity contribution in [2.75, 3.05) is 19.5 Å². The molecule has 2 rings (SSSR count). The number of para-hydroxylation sites is 1. The Morgan fingerprint density at radius 3 is 1.95 bits per heavy atom. The van der Waals surface area contributed by atoms with Gasteiger partial charge in [-0.2, -0.15) is 0 Å². The number of anilines is 1. The minimum Gasteiger partial charge on any atom is -0.369 e. The Morgan fingerprint density at radius 2 is 1.45 bits per heavy atom. The predicted octanol–water partition coefficient (Wildman–Crippen LogP) is 4.54. The molecule has 1 unspecified atom stereocenters. The van der Waals surface area contributed by atoms with Gasteiger partial charge < -0.3 is 14.4 Å². The second kappa shape index (κ2) is 7.10. The first-order valence-corrected chi connectivity index (χ1v) is 8.66. The molecule has 2 aromatic carbocycles. The van der Waals surface area contributed by atoms with E-state index in [0.717, 1.165) is 11.3 Å². The van der Waals surface area contributed by atoms with Crippen LogP contribution in [-0.4, -0.2) is 19.5 Å². The molecule has 1 N–H and O–H groups in total. The number of benzene rings is 2. The van der Waals surface area contributed by atoms with Gasteiger partial charge >= 0.3 is 7.60 Å². The molecule has 0 spiro atoms. The smallest absolute Gasteiger partial charge is 0.355 e. The summed E-state index contributed by atoms with van der Waals surface area (Å²) in [5.41, 5.74) is 1.93. The molecule has 118 valence electrons. The minimum atomic E-state index is -3.35. The van der Waals surface area contributed by atoms with Crippen LogP contribution < -0.4 is 5.32 Å². The van der Waals surface area contributed by atoms with Crippen molar-refractivity contribution in [3.8, 4) is 0 Å². The average Bonchev–Trinajstić information content (AvgIpc) is 2.55. The number of hydrogen-bond acceptors (Lipinski definition) is 4. The molecule has 0 saturated carbocycles. The summed E-state index contributed by atoms with van der Waals surface area (Å²) in [7, 11) is -0.511. The molecule has 22 heavy (non-hydrogen) atoms. The van der Waals surface area contributed by atoms with Gasteiger partial charge in [0.1, 0.15) is 5.28 Å². The van der Waals surface area contributed by atoms with E-state index in [1.807, 2.05) is 67.6 Å². The van der Waals surface area contributed by atoms with Gasteiger partial charge in [0.25, 0.3) is 0 Å². The maximum Gasteiger partial charge on any atom is 0.355 e. The largest absolute Gasteiger partial charge is 0.369 e. The molecular weight excluding hydrogens is 297 g/mol. The fraction of sp³-hybridized carbons (Fsp3) is 0.294. The third-order valence-corrected chi connectivity index (χ3v) is 6.10. The van der Waals surface area contributed by atoms with Crippen molar-refractivity contribution >= 4 is 13.3 Å². The van der Waals surface area contributed by atoms with Crippen molar-refractivity contribution in [3.05, 3.63) is 66.2 Å². The van der Waals surface area contributed by atoms with E-state index in [-0.39, 0.29) is 0 Å². The van der Waals surface area contributed by atoms with Crippen LogP contribution in [0.15, 0.2) is 60.7 Å². The SMILES string of the molecule is COP(=O)(OC)C(C)(Cc1ccccc1)Nc1ccccc1. The van der Waals surface area contributed by atoms with Gasteiger partial charge in [-0.3, -0.25) is 4.57 Å². The summed E-state index contributed by atoms with van der Waals surface area (Å²) >= 11 is 0. The zero-order valence-corrected chi connectivity index (χ0v) is 14.0. The van der Waals surface area contributed by atoms with E-state index in [0.29, 0.717) is 6.42 Å². The van der Waals surface area contributed by atoms with Gasteiger partial charge in [0.05, 0.1) is 0 Å². The molecule has 0 aliphatic heterocycles. The number of rotatable bonds is 7. The molecule has 0 heterocycles. The van der Waals surface area contributed by atoms with Crippen LogP contribution in [0, 0.1) is 0 Å². The summed E-state index contributed by atoms with van der Waals surface area (Å²) in [5, 5.41) is 2.46. The Bertz CT molecular complexity index is 581. The lowest BCUT2D eigenvalue weighted by molar-refractivity contribution is 0.252. The number of nitrogens with one attached hydrogen (secondary N) is 1. The fourth-order valence-corrected chi connectivity index (χ4v) is 4.11. The molecule has 1 atom stereocenters. The standard InChI is InChI=1S/C17H22NO3P/c1-17(22(19,20-2)21-3,14-15-10-6-4-7-11-15)18-16-12-8-5-9-13-16/h4-13,18H,14H2,1-3H3. The Balaban J connectivity index is 2.37. The molecule has 0 aromatic heterocycles. The van der Waals surface area contributed by atoms with E-state index in [4.69, 9.17) is 9.05 Å². The van der Waals surface area contributed by atoms with E-state index < -0.39 is 12.9 Å². The molecule has 0 bridgehead atoms. The first-order valence-electron chi connectivity index (χ1n) is 7.12. The van der Waals surface area contributed by atoms with Crippen LogP contribution in [0.4, 0.5) is 5.69 Å². The molecule has 0 amide bonds. The molecule has 0 aliphatic carbocycles. The van der Waals surface area contributed by atoms with Crippen molar-refractivity contribution in [1.29, 1.82) is 0 Å². The summed E-state index contributed by atoms with van der Waals surface area (Å²) in [6.45, 7) is 1.86. The maximum atomic E-state index is 13.1. The first-order chi connectivity index (χ1) is 10.5. The quantitative estimate of drug-likeness (QED) is 0.761. The lowest BCUT2D eigenvalue weighted by atomic mass is 10.1. The van der Waals surface area contributed by atoms with Crippen LogP contribution in [0.1, 0.15) is 12.5 Å². The molecule has 2 aromatic rings. The molecule has 0 saturated heterocycles. The van der Waals surface area contributed by atoms with Gasteiger partial charge in [0, 0.05) is 26.3 Å². The zero-order chi connectivity index (χ0) is 16.1. The fourth-order valence-electron chi connectivity index (χ4n) is 2.51. The topological polar surface area (TPSA) is 47.6 Å². The van der Waals surface area contributed by atoms with E-state index >= 15 is 0 Å². The Hall–Kier alpha value is -1.61. The highest BCUT2D eigenvalue weighted by Crippen LogP contribution is 2.59. The monoisotopic (exact) mass is 319 g/mol. The van der Waals surface area contributed by atoms with Crippen LogP contribution in [-0.2, 0) is 20.0 Å². The van der Waals surface area contributed by atoms with Crippen LogP contribution >= 0.6 is 7.60 Å². The van der Waals surface area contributed by atoms with Crippen LogP contribution in [0.2, 0.25) is 0 Å². The van der Waals surface area contributed by atoms with E-state index in [9.17, 15) is 4.57 Å². The third kappa shape index (κ3) is 3.58. The van der Waals surface area contributed by atoms with Gasteiger partial charge in [0.15, 0.2) is 0 Å². The van der Waals surface area contributed by atoms with Crippen LogP contribution in [0.25, 0.3) is 0 Å². The Labute approximate surface area is 132 Å². The van der Waals surface area contributed by atoms with Crippen molar-refractivity contribution in [2.24, 2.45) is 0 Å². The highest BCUT2D eigenvalue weighted by molar-refractivity contribution is 7.55. The second-order valence-electron chi connectivity index (χ2n) is 5.29. The molecular formula is C17H22NO3P. The van der Waals surface area contributed by atoms with Crippen molar-refractivity contribution < 1.29 is 13.6 Å². The van der Waals surface area contributed by atoms with E-state index in [2.05, 4.69) is 5.32 Å². The molecule has 0 aliphatic rings. The summed E-state index contributed by atoms with van der Waals surface area (Å²) in [6, 6.07) is 19.5. The van der Waals surface area contributed by atoms with Gasteiger partial charge in [-0.1, -0.05) is 48.5 Å². The lowest BCUT2D eigenvalue weighted by Gasteiger charge is -2.36. The molecule has 0 fully saturated rings. The highest BCUT2D eigenvalue weighted by atomic mass is 31.2. The Kier molecular flexibility index (Phi) is 5.41. The third-order valence-electron chi connectivity index (χ3n) is 3.66. The summed E-state index contributed by atoms with van der Waals surface area (Å²) in [6.07, 6.45) is 0.516. The van der Waals surface area contributed by atoms with Crippen LogP contribution in [0.5, 0.6) is 0 Å². The van der Waals surface area contributed by atoms with Gasteiger partial charge in [-0.25, -0.2) is 0 Å². The maximum absolute atomic E-state index is 13.1. The van der Waals surface area contributed by atoms with Crippen molar-refractivity contribution in [1.82, 2.24) is 0 Å². The molecule has 4 nitrogen and oxygen atoms in total. The van der Waals surface area contributed by atoms with E-state index in [1.54, 1.807) is 0 Å². The van der Waals surface area contributed by atoms with Gasteiger partial charge in [-0.05, 0) is 24.6 Å². The first kappa shape index (κ1) is 16.8. The van der Waals surface area contributed by atoms with Gasteiger partial charge in [-0.15, -0.1) is 0 Å². The van der Waals surface area contributed by atoms with Crippen molar-refractivity contribution in [2.45, 2.75) is 18.6 Å². The molecule has 5 heteroatoms. The highest BCUT2D eigenvalue weighted by Gasteiger charge is 2.46. The zero-order valence-electron chi connectivity index (χ0n) is 13.2. The average molecular weight is 319 g/mol. The lowest BCUT2D eigenvalue weighted by Crippen LogP contribution is -2.38. The number of hydrogen-bond donors (Lipinski definition) is 1. The predicted molar refractivity (Wildman–Crippen MR) is 90.2 cm³/mol. The summed E-state index contributed by atoms with van der Waals surface area (Å²) in [4.78, 5) is 0. The van der Waals surface area contributed by atoms with Crippen molar-refractivity contribution in [3.63, 3.8) is 0 Å². The summed E-state index contributed by atoms with van der Waals surface area (Å²) < 4.78 is 23.6. The molecule has 0 radical (unpaired) electrons. The summed E-state index contributed by atoms with van der Waals surface area (Å²) in [5.74, 6) is 0. The van der Waals surface area contributed by atoms with Gasteiger partial charge in [0.2, 0.25) is 0 Å². The second-order valence-corrected chi connectivity index (χ2v) is 8.00. The minimum absolute atomic E-state index is 0.516. The normalized spacial score (nSPS) is 14.3. The Morgan fingerprint density at radius 1 is 0.955 bits per heavy atom. The van der Waals surface area contributed by atoms with E-state index in [1.165, 1.54) is 14.2 Å². The van der Waals surface area contributed by atoms with Crippen LogP contribution in [0.3, 0.4) is 0 Å².